The van der Waals surface area contributed by atoms with Crippen molar-refractivity contribution < 1.29 is 9.53 Å². The Bertz CT molecular complexity index is 1180. The van der Waals surface area contributed by atoms with Crippen LogP contribution in [0.5, 0.6) is 0 Å². The van der Waals surface area contributed by atoms with E-state index in [4.69, 9.17) is 10.00 Å². The molecule has 3 aromatic rings. The summed E-state index contributed by atoms with van der Waals surface area (Å²) in [6.45, 7) is 2.61. The van der Waals surface area contributed by atoms with Crippen LogP contribution in [0.3, 0.4) is 0 Å². The van der Waals surface area contributed by atoms with E-state index >= 15 is 0 Å². The Hall–Kier alpha value is -4.02. The molecule has 0 saturated carbocycles. The third-order valence-electron chi connectivity index (χ3n) is 5.44. The number of nitrogens with zero attached hydrogens (tertiary/aromatic N) is 1. The molecule has 0 saturated heterocycles. The van der Waals surface area contributed by atoms with Crippen LogP contribution in [-0.4, -0.2) is 19.2 Å². The highest BCUT2D eigenvalue weighted by Crippen LogP contribution is 2.44. The van der Waals surface area contributed by atoms with Gasteiger partial charge in [0.05, 0.1) is 11.6 Å². The summed E-state index contributed by atoms with van der Waals surface area (Å²) in [6, 6.07) is 24.2. The smallest absolute Gasteiger partial charge is 0.407 e. The summed E-state index contributed by atoms with van der Waals surface area (Å²) >= 11 is 0. The summed E-state index contributed by atoms with van der Waals surface area (Å²) in [5.41, 5.74) is 7.23. The van der Waals surface area contributed by atoms with Crippen molar-refractivity contribution in [3.63, 3.8) is 0 Å². The molecule has 0 spiro atoms. The number of fused-ring (bicyclic) bond motifs is 3. The van der Waals surface area contributed by atoms with Crippen LogP contribution in [-0.2, 0) is 4.74 Å². The Kier molecular flexibility index (Phi) is 6.01. The number of aryl methyl sites for hydroxylation is 1. The highest BCUT2D eigenvalue weighted by molar-refractivity contribution is 5.79. The first-order valence-electron chi connectivity index (χ1n) is 10.3. The maximum absolute atomic E-state index is 12.2. The first kappa shape index (κ1) is 20.3. The highest BCUT2D eigenvalue weighted by atomic mass is 16.5. The van der Waals surface area contributed by atoms with Gasteiger partial charge in [0.25, 0.3) is 0 Å². The Morgan fingerprint density at radius 1 is 1.03 bits per heavy atom. The number of alkyl carbamates (subject to hydrolysis) is 1. The van der Waals surface area contributed by atoms with E-state index in [9.17, 15) is 4.79 Å². The summed E-state index contributed by atoms with van der Waals surface area (Å²) in [5, 5.41) is 11.7. The van der Waals surface area contributed by atoms with Gasteiger partial charge in [-0.15, -0.1) is 0 Å². The third kappa shape index (κ3) is 4.44. The number of hydrogen-bond acceptors (Lipinski definition) is 3. The fraction of sp³-hybridized carbons (Fsp3) is 0.185. The Morgan fingerprint density at radius 3 is 2.35 bits per heavy atom. The van der Waals surface area contributed by atoms with Crippen LogP contribution in [0.1, 0.15) is 40.2 Å². The molecule has 4 rings (SSSR count). The van der Waals surface area contributed by atoms with Crippen LogP contribution in [0.15, 0.2) is 66.7 Å². The number of carbonyl (C=O) groups is 1. The summed E-state index contributed by atoms with van der Waals surface area (Å²) in [6.07, 6.45) is 0.0846. The van der Waals surface area contributed by atoms with Gasteiger partial charge in [-0.25, -0.2) is 4.79 Å². The van der Waals surface area contributed by atoms with Crippen LogP contribution in [0, 0.1) is 30.1 Å². The van der Waals surface area contributed by atoms with Crippen molar-refractivity contribution in [3.05, 3.63) is 94.5 Å². The Balaban J connectivity index is 1.28. The van der Waals surface area contributed by atoms with Crippen molar-refractivity contribution in [2.24, 2.45) is 0 Å². The Labute approximate surface area is 182 Å². The number of benzene rings is 3. The van der Waals surface area contributed by atoms with Crippen LogP contribution >= 0.6 is 0 Å². The van der Waals surface area contributed by atoms with Crippen LogP contribution < -0.4 is 5.32 Å². The maximum atomic E-state index is 12.2. The van der Waals surface area contributed by atoms with Crippen molar-refractivity contribution >= 4 is 6.09 Å². The molecule has 0 aliphatic heterocycles. The molecule has 1 aliphatic rings. The third-order valence-corrected chi connectivity index (χ3v) is 5.44. The molecule has 152 valence electrons. The topological polar surface area (TPSA) is 62.1 Å². The molecule has 0 atom stereocenters. The van der Waals surface area contributed by atoms with Crippen LogP contribution in [0.4, 0.5) is 4.79 Å². The van der Waals surface area contributed by atoms with Crippen molar-refractivity contribution in [3.8, 4) is 29.0 Å². The number of nitriles is 1. The molecule has 0 bridgehead atoms. The second-order valence-corrected chi connectivity index (χ2v) is 7.45. The standard InChI is InChI=1S/C27H22N2O2/c1-19-16-20(13-14-21(19)17-28)8-6-7-15-29-27(30)31-18-26-24-11-4-2-9-22(24)23-10-3-5-12-25(23)26/h2-5,9-14,16,26H,7,15,18H2,1H3,(H,29,30). The highest BCUT2D eigenvalue weighted by Gasteiger charge is 2.28. The first-order chi connectivity index (χ1) is 15.2. The molecule has 0 heterocycles. The van der Waals surface area contributed by atoms with E-state index in [0.717, 1.165) is 11.1 Å². The number of hydrogen-bond donors (Lipinski definition) is 1. The van der Waals surface area contributed by atoms with E-state index in [1.54, 1.807) is 6.07 Å². The molecule has 1 amide bonds. The molecule has 1 N–H and O–H groups in total. The zero-order valence-electron chi connectivity index (χ0n) is 17.3. The minimum Gasteiger partial charge on any atom is -0.449 e. The van der Waals surface area contributed by atoms with Gasteiger partial charge < -0.3 is 10.1 Å². The van der Waals surface area contributed by atoms with Gasteiger partial charge >= 0.3 is 6.09 Å². The molecule has 4 nitrogen and oxygen atoms in total. The summed E-state index contributed by atoms with van der Waals surface area (Å²) in [7, 11) is 0. The molecule has 0 aromatic heterocycles. The number of rotatable bonds is 4. The van der Waals surface area contributed by atoms with Gasteiger partial charge in [-0.3, -0.25) is 0 Å². The normalized spacial score (nSPS) is 11.5. The monoisotopic (exact) mass is 406 g/mol. The van der Waals surface area contributed by atoms with Gasteiger partial charge in [0.1, 0.15) is 6.61 Å². The number of amides is 1. The summed E-state index contributed by atoms with van der Waals surface area (Å²) in [4.78, 5) is 12.2. The second-order valence-electron chi connectivity index (χ2n) is 7.45. The molecule has 3 aromatic carbocycles. The van der Waals surface area contributed by atoms with Gasteiger partial charge in [-0.05, 0) is 52.9 Å². The second kappa shape index (κ2) is 9.20. The van der Waals surface area contributed by atoms with Crippen molar-refractivity contribution in [1.82, 2.24) is 5.32 Å². The molecule has 0 unspecified atom stereocenters. The van der Waals surface area contributed by atoms with E-state index in [1.165, 1.54) is 22.3 Å². The lowest BCUT2D eigenvalue weighted by Crippen LogP contribution is -2.26. The van der Waals surface area contributed by atoms with Gasteiger partial charge in [0.15, 0.2) is 0 Å². The van der Waals surface area contributed by atoms with Crippen molar-refractivity contribution in [2.45, 2.75) is 19.3 Å². The van der Waals surface area contributed by atoms with Gasteiger partial charge in [-0.1, -0.05) is 60.4 Å². The molecular formula is C27H22N2O2. The Morgan fingerprint density at radius 2 is 1.71 bits per heavy atom. The minimum atomic E-state index is -0.433. The fourth-order valence-corrected chi connectivity index (χ4v) is 3.91. The molecule has 0 radical (unpaired) electrons. The van der Waals surface area contributed by atoms with Crippen molar-refractivity contribution in [2.75, 3.05) is 13.2 Å². The number of carbonyl (C=O) groups excluding carboxylic acids is 1. The van der Waals surface area contributed by atoms with Gasteiger partial charge in [0, 0.05) is 24.4 Å². The first-order valence-corrected chi connectivity index (χ1v) is 10.3. The lowest BCUT2D eigenvalue weighted by atomic mass is 9.98. The maximum Gasteiger partial charge on any atom is 0.407 e. The predicted octanol–water partition coefficient (Wildman–Crippen LogP) is 5.15. The van der Waals surface area contributed by atoms with E-state index in [1.807, 2.05) is 43.3 Å². The van der Waals surface area contributed by atoms with E-state index in [2.05, 4.69) is 47.5 Å². The zero-order chi connectivity index (χ0) is 21.6. The average Bonchev–Trinajstić information content (AvgIpc) is 3.11. The lowest BCUT2D eigenvalue weighted by Gasteiger charge is -2.14. The fourth-order valence-electron chi connectivity index (χ4n) is 3.91. The van der Waals surface area contributed by atoms with Crippen LogP contribution in [0.2, 0.25) is 0 Å². The lowest BCUT2D eigenvalue weighted by molar-refractivity contribution is 0.143. The van der Waals surface area contributed by atoms with Crippen LogP contribution in [0.25, 0.3) is 11.1 Å². The SMILES string of the molecule is Cc1cc(C#CCCNC(=O)OCC2c3ccccc3-c3ccccc32)ccc1C#N. The molecule has 31 heavy (non-hydrogen) atoms. The van der Waals surface area contributed by atoms with E-state index < -0.39 is 6.09 Å². The average molecular weight is 406 g/mol. The number of nitrogens with one attached hydrogen (secondary N) is 1. The predicted molar refractivity (Wildman–Crippen MR) is 120 cm³/mol. The van der Waals surface area contributed by atoms with Gasteiger partial charge in [0.2, 0.25) is 0 Å². The quantitative estimate of drug-likeness (QED) is 0.482. The summed E-state index contributed by atoms with van der Waals surface area (Å²) < 4.78 is 5.52. The molecule has 0 fully saturated rings. The molecule has 4 heteroatoms. The largest absolute Gasteiger partial charge is 0.449 e. The number of ether oxygens (including phenoxy) is 1. The minimum absolute atomic E-state index is 0.0533. The summed E-state index contributed by atoms with van der Waals surface area (Å²) in [5.74, 6) is 6.15. The van der Waals surface area contributed by atoms with Gasteiger partial charge in [-0.2, -0.15) is 5.26 Å². The van der Waals surface area contributed by atoms with E-state index in [-0.39, 0.29) is 5.92 Å². The zero-order valence-corrected chi connectivity index (χ0v) is 17.3. The molecule has 1 aliphatic carbocycles. The van der Waals surface area contributed by atoms with Crippen molar-refractivity contribution in [1.29, 1.82) is 5.26 Å². The molecular weight excluding hydrogens is 384 g/mol. The van der Waals surface area contributed by atoms with E-state index in [0.29, 0.717) is 25.1 Å².